The minimum atomic E-state index is -0.129. The van der Waals surface area contributed by atoms with Crippen molar-refractivity contribution in [1.29, 1.82) is 0 Å². The predicted octanol–water partition coefficient (Wildman–Crippen LogP) is 0.0527. The summed E-state index contributed by atoms with van der Waals surface area (Å²) in [6.45, 7) is 4.45. The van der Waals surface area contributed by atoms with E-state index >= 15 is 0 Å². The average Bonchev–Trinajstić information content (AvgIpc) is 2.87. The van der Waals surface area contributed by atoms with Crippen molar-refractivity contribution in [3.8, 4) is 0 Å². The third kappa shape index (κ3) is 2.51. The van der Waals surface area contributed by atoms with Crippen molar-refractivity contribution in [3.63, 3.8) is 0 Å². The Kier molecular flexibility index (Phi) is 3.43. The van der Waals surface area contributed by atoms with Crippen molar-refractivity contribution >= 4 is 17.4 Å². The van der Waals surface area contributed by atoms with Crippen molar-refractivity contribution in [2.24, 2.45) is 0 Å². The normalized spacial score (nSPS) is 15.3. The van der Waals surface area contributed by atoms with Gasteiger partial charge in [0, 0.05) is 38.6 Å². The fraction of sp³-hybridized carbons (Fsp3) is 0.385. The van der Waals surface area contributed by atoms with Crippen molar-refractivity contribution in [1.82, 2.24) is 25.1 Å². The summed E-state index contributed by atoms with van der Waals surface area (Å²) < 4.78 is 0. The van der Waals surface area contributed by atoms with Gasteiger partial charge in [-0.15, -0.1) is 0 Å². The number of hydrogen-bond acceptors (Lipinski definition) is 6. The number of nitrogens with two attached hydrogens (primary N) is 1. The summed E-state index contributed by atoms with van der Waals surface area (Å²) in [5, 5.41) is 6.73. The second-order valence-electron chi connectivity index (χ2n) is 4.95. The van der Waals surface area contributed by atoms with Gasteiger partial charge in [0.05, 0.1) is 17.6 Å². The molecule has 110 valence electrons. The quantitative estimate of drug-likeness (QED) is 0.809. The minimum absolute atomic E-state index is 0.129. The topological polar surface area (TPSA) is 104 Å². The third-order valence-corrected chi connectivity index (χ3v) is 3.64. The molecule has 3 rings (SSSR count). The number of carbonyl (C=O) groups excluding carboxylic acids is 1. The number of aromatic amines is 1. The number of aryl methyl sites for hydroxylation is 1. The zero-order chi connectivity index (χ0) is 14.8. The molecule has 0 spiro atoms. The number of H-pyrrole nitrogens is 1. The van der Waals surface area contributed by atoms with Gasteiger partial charge in [-0.25, -0.2) is 4.98 Å². The molecule has 1 fully saturated rings. The second kappa shape index (κ2) is 5.39. The van der Waals surface area contributed by atoms with Crippen molar-refractivity contribution < 1.29 is 4.79 Å². The van der Waals surface area contributed by atoms with Gasteiger partial charge in [0.25, 0.3) is 5.91 Å². The first-order chi connectivity index (χ1) is 10.2. The van der Waals surface area contributed by atoms with Crippen molar-refractivity contribution in [3.05, 3.63) is 30.0 Å². The molecule has 21 heavy (non-hydrogen) atoms. The van der Waals surface area contributed by atoms with E-state index in [2.05, 4.69) is 25.1 Å². The highest BCUT2D eigenvalue weighted by Gasteiger charge is 2.26. The van der Waals surface area contributed by atoms with E-state index in [0.29, 0.717) is 37.6 Å². The Morgan fingerprint density at radius 1 is 1.29 bits per heavy atom. The maximum atomic E-state index is 12.4. The molecule has 0 saturated carbocycles. The van der Waals surface area contributed by atoms with Crippen LogP contribution >= 0.6 is 0 Å². The van der Waals surface area contributed by atoms with Gasteiger partial charge in [0.1, 0.15) is 5.82 Å². The second-order valence-corrected chi connectivity index (χ2v) is 4.95. The molecule has 2 aromatic heterocycles. The number of nitrogens with zero attached hydrogens (tertiary/aromatic N) is 5. The zero-order valence-corrected chi connectivity index (χ0v) is 11.8. The summed E-state index contributed by atoms with van der Waals surface area (Å²) >= 11 is 0. The number of hydrogen-bond donors (Lipinski definition) is 2. The molecule has 1 aliphatic heterocycles. The van der Waals surface area contributed by atoms with E-state index in [1.54, 1.807) is 30.4 Å². The van der Waals surface area contributed by atoms with Crippen LogP contribution in [0.25, 0.3) is 0 Å². The first-order valence-electron chi connectivity index (χ1n) is 6.77. The van der Waals surface area contributed by atoms with Gasteiger partial charge in [-0.1, -0.05) is 0 Å². The van der Waals surface area contributed by atoms with E-state index < -0.39 is 0 Å². The van der Waals surface area contributed by atoms with E-state index in [1.165, 1.54) is 0 Å². The predicted molar refractivity (Wildman–Crippen MR) is 77.9 cm³/mol. The van der Waals surface area contributed by atoms with Crippen LogP contribution in [0, 0.1) is 6.92 Å². The monoisotopic (exact) mass is 287 g/mol. The Hall–Kier alpha value is -2.64. The Balaban J connectivity index is 1.66. The molecule has 0 atom stereocenters. The van der Waals surface area contributed by atoms with Crippen LogP contribution in [0.4, 0.5) is 11.5 Å². The summed E-state index contributed by atoms with van der Waals surface area (Å²) in [4.78, 5) is 24.6. The van der Waals surface area contributed by atoms with Crippen LogP contribution in [-0.4, -0.2) is 57.2 Å². The number of anilines is 2. The van der Waals surface area contributed by atoms with E-state index in [9.17, 15) is 4.79 Å². The summed E-state index contributed by atoms with van der Waals surface area (Å²) in [5.74, 6) is 0.704. The molecule has 2 aromatic rings. The number of aromatic nitrogens is 4. The number of nitrogen functional groups attached to an aromatic ring is 1. The highest BCUT2D eigenvalue weighted by molar-refractivity contribution is 5.97. The molecular weight excluding hydrogens is 270 g/mol. The fourth-order valence-corrected chi connectivity index (χ4v) is 2.34. The number of nitrogens with one attached hydrogen (secondary N) is 1. The van der Waals surface area contributed by atoms with Gasteiger partial charge < -0.3 is 15.5 Å². The maximum Gasteiger partial charge on any atom is 0.276 e. The fourth-order valence-electron chi connectivity index (χ4n) is 2.34. The van der Waals surface area contributed by atoms with Crippen LogP contribution in [0.5, 0.6) is 0 Å². The van der Waals surface area contributed by atoms with Gasteiger partial charge in [-0.2, -0.15) is 5.10 Å². The molecule has 0 aliphatic carbocycles. The highest BCUT2D eigenvalue weighted by Crippen LogP contribution is 2.17. The van der Waals surface area contributed by atoms with Crippen LogP contribution in [-0.2, 0) is 0 Å². The standard InChI is InChI=1S/C13H17N7O/c1-9-11(14)12(18-17-9)13(21)20-6-4-19(5-7-20)10-8-15-2-3-16-10/h2-3,8H,4-7,14H2,1H3,(H,17,18). The molecule has 1 amide bonds. The highest BCUT2D eigenvalue weighted by atomic mass is 16.2. The van der Waals surface area contributed by atoms with Crippen LogP contribution in [0.15, 0.2) is 18.6 Å². The van der Waals surface area contributed by atoms with Crippen LogP contribution < -0.4 is 10.6 Å². The smallest absolute Gasteiger partial charge is 0.276 e. The van der Waals surface area contributed by atoms with Gasteiger partial charge in [0.15, 0.2) is 5.69 Å². The molecule has 8 heteroatoms. The minimum Gasteiger partial charge on any atom is -0.395 e. The number of amides is 1. The SMILES string of the molecule is Cc1[nH]nc(C(=O)N2CCN(c3cnccn3)CC2)c1N. The maximum absolute atomic E-state index is 12.4. The first-order valence-corrected chi connectivity index (χ1v) is 6.77. The van der Waals surface area contributed by atoms with Gasteiger partial charge in [-0.05, 0) is 6.92 Å². The van der Waals surface area contributed by atoms with Gasteiger partial charge >= 0.3 is 0 Å². The van der Waals surface area contributed by atoms with Crippen LogP contribution in [0.3, 0.4) is 0 Å². The van der Waals surface area contributed by atoms with Gasteiger partial charge in [-0.3, -0.25) is 14.9 Å². The summed E-state index contributed by atoms with van der Waals surface area (Å²) in [6.07, 6.45) is 5.04. The molecular formula is C13H17N7O. The Labute approximate surface area is 122 Å². The Bertz CT molecular complexity index is 631. The van der Waals surface area contributed by atoms with E-state index in [-0.39, 0.29) is 5.91 Å². The molecule has 0 aromatic carbocycles. The summed E-state index contributed by atoms with van der Waals surface area (Å²) in [6, 6.07) is 0. The molecule has 0 bridgehead atoms. The number of piperazine rings is 1. The molecule has 1 aliphatic rings. The largest absolute Gasteiger partial charge is 0.395 e. The number of rotatable bonds is 2. The van der Waals surface area contributed by atoms with E-state index in [4.69, 9.17) is 5.73 Å². The van der Waals surface area contributed by atoms with Crippen molar-refractivity contribution in [2.75, 3.05) is 36.8 Å². The average molecular weight is 287 g/mol. The molecule has 0 radical (unpaired) electrons. The Morgan fingerprint density at radius 2 is 2.05 bits per heavy atom. The molecule has 3 heterocycles. The third-order valence-electron chi connectivity index (χ3n) is 3.64. The van der Waals surface area contributed by atoms with Gasteiger partial charge in [0.2, 0.25) is 0 Å². The summed E-state index contributed by atoms with van der Waals surface area (Å²) in [7, 11) is 0. The molecule has 3 N–H and O–H groups in total. The van der Waals surface area contributed by atoms with E-state index in [0.717, 1.165) is 11.5 Å². The Morgan fingerprint density at radius 3 is 2.62 bits per heavy atom. The molecule has 1 saturated heterocycles. The molecule has 0 unspecified atom stereocenters. The lowest BCUT2D eigenvalue weighted by molar-refractivity contribution is 0.0741. The zero-order valence-electron chi connectivity index (χ0n) is 11.8. The lowest BCUT2D eigenvalue weighted by Crippen LogP contribution is -2.49. The van der Waals surface area contributed by atoms with Crippen molar-refractivity contribution in [2.45, 2.75) is 6.92 Å². The number of carbonyl (C=O) groups is 1. The first kappa shape index (κ1) is 13.3. The summed E-state index contributed by atoms with van der Waals surface area (Å²) in [5.41, 5.74) is 7.31. The lowest BCUT2D eigenvalue weighted by atomic mass is 10.2. The lowest BCUT2D eigenvalue weighted by Gasteiger charge is -2.34. The van der Waals surface area contributed by atoms with Crippen LogP contribution in [0.2, 0.25) is 0 Å². The molecule has 8 nitrogen and oxygen atoms in total. The van der Waals surface area contributed by atoms with Crippen LogP contribution in [0.1, 0.15) is 16.2 Å². The van der Waals surface area contributed by atoms with E-state index in [1.807, 2.05) is 0 Å².